The SMILES string of the molecule is CC(O)C(=O)OCCF. The third kappa shape index (κ3) is 3.90. The number of esters is 1. The van der Waals surface area contributed by atoms with Gasteiger partial charge in [0, 0.05) is 0 Å². The molecule has 4 heteroatoms. The van der Waals surface area contributed by atoms with E-state index >= 15 is 0 Å². The molecule has 54 valence electrons. The van der Waals surface area contributed by atoms with Crippen molar-refractivity contribution in [2.24, 2.45) is 0 Å². The van der Waals surface area contributed by atoms with Crippen molar-refractivity contribution in [3.63, 3.8) is 0 Å². The molecule has 9 heavy (non-hydrogen) atoms. The maximum absolute atomic E-state index is 11.3. The van der Waals surface area contributed by atoms with E-state index in [9.17, 15) is 9.18 Å². The van der Waals surface area contributed by atoms with E-state index < -0.39 is 18.7 Å². The van der Waals surface area contributed by atoms with Gasteiger partial charge in [-0.2, -0.15) is 0 Å². The highest BCUT2D eigenvalue weighted by atomic mass is 19.1. The number of aliphatic hydroxyl groups excluding tert-OH is 1. The molecule has 1 N–H and O–H groups in total. The molecule has 0 aromatic carbocycles. The summed E-state index contributed by atoms with van der Waals surface area (Å²) in [6.07, 6.45) is -1.16. The number of halogens is 1. The molecule has 0 bridgehead atoms. The van der Waals surface area contributed by atoms with Crippen molar-refractivity contribution in [3.05, 3.63) is 0 Å². The summed E-state index contributed by atoms with van der Waals surface area (Å²) in [5.41, 5.74) is 0. The number of ether oxygens (including phenoxy) is 1. The molecule has 0 radical (unpaired) electrons. The zero-order chi connectivity index (χ0) is 7.28. The second-order valence-corrected chi connectivity index (χ2v) is 1.53. The van der Waals surface area contributed by atoms with E-state index in [-0.39, 0.29) is 6.61 Å². The molecule has 0 heterocycles. The first-order valence-corrected chi connectivity index (χ1v) is 2.59. The van der Waals surface area contributed by atoms with Crippen LogP contribution in [-0.4, -0.2) is 30.5 Å². The molecule has 0 fully saturated rings. The highest BCUT2D eigenvalue weighted by molar-refractivity contribution is 5.73. The molecule has 0 saturated carbocycles. The number of alkyl halides is 1. The predicted molar refractivity (Wildman–Crippen MR) is 28.6 cm³/mol. The van der Waals surface area contributed by atoms with Gasteiger partial charge in [-0.25, -0.2) is 9.18 Å². The van der Waals surface area contributed by atoms with Crippen LogP contribution in [0.15, 0.2) is 0 Å². The van der Waals surface area contributed by atoms with Crippen LogP contribution >= 0.6 is 0 Å². The molecule has 0 aromatic rings. The van der Waals surface area contributed by atoms with Crippen molar-refractivity contribution in [2.45, 2.75) is 13.0 Å². The minimum absolute atomic E-state index is 0.274. The van der Waals surface area contributed by atoms with Gasteiger partial charge in [-0.1, -0.05) is 0 Å². The van der Waals surface area contributed by atoms with Gasteiger partial charge in [-0.3, -0.25) is 0 Å². The normalized spacial score (nSPS) is 12.8. The highest BCUT2D eigenvalue weighted by Crippen LogP contribution is 1.85. The van der Waals surface area contributed by atoms with E-state index in [1.807, 2.05) is 0 Å². The van der Waals surface area contributed by atoms with Crippen molar-refractivity contribution in [3.8, 4) is 0 Å². The van der Waals surface area contributed by atoms with Crippen molar-refractivity contribution in [1.29, 1.82) is 0 Å². The van der Waals surface area contributed by atoms with Crippen molar-refractivity contribution in [1.82, 2.24) is 0 Å². The lowest BCUT2D eigenvalue weighted by atomic mass is 10.4. The first-order valence-electron chi connectivity index (χ1n) is 2.59. The van der Waals surface area contributed by atoms with E-state index in [1.165, 1.54) is 6.92 Å². The van der Waals surface area contributed by atoms with Gasteiger partial charge in [0.05, 0.1) is 0 Å². The van der Waals surface area contributed by atoms with Crippen LogP contribution in [0.25, 0.3) is 0 Å². The zero-order valence-electron chi connectivity index (χ0n) is 5.13. The lowest BCUT2D eigenvalue weighted by Gasteiger charge is -2.02. The van der Waals surface area contributed by atoms with E-state index in [4.69, 9.17) is 5.11 Å². The molecule has 0 aliphatic heterocycles. The number of carbonyl (C=O) groups excluding carboxylic acids is 1. The molecule has 0 aliphatic carbocycles. The Bertz CT molecular complexity index is 92.2. The van der Waals surface area contributed by atoms with Crippen molar-refractivity contribution >= 4 is 5.97 Å². The molecule has 1 atom stereocenters. The topological polar surface area (TPSA) is 46.5 Å². The van der Waals surface area contributed by atoms with Gasteiger partial charge in [0.1, 0.15) is 19.4 Å². The van der Waals surface area contributed by atoms with Crippen LogP contribution in [0.3, 0.4) is 0 Å². The fraction of sp³-hybridized carbons (Fsp3) is 0.800. The molecule has 0 aromatic heterocycles. The molecule has 0 aliphatic rings. The maximum Gasteiger partial charge on any atom is 0.334 e. The average Bonchev–Trinajstić information content (AvgIpc) is 1.82. The first-order chi connectivity index (χ1) is 4.18. The number of hydrogen-bond donors (Lipinski definition) is 1. The number of aliphatic hydroxyl groups is 1. The quantitative estimate of drug-likeness (QED) is 0.550. The Morgan fingerprint density at radius 2 is 2.44 bits per heavy atom. The van der Waals surface area contributed by atoms with Gasteiger partial charge in [0.15, 0.2) is 0 Å². The summed E-state index contributed by atoms with van der Waals surface area (Å²) < 4.78 is 15.4. The first kappa shape index (κ1) is 8.36. The monoisotopic (exact) mass is 136 g/mol. The van der Waals surface area contributed by atoms with Crippen LogP contribution in [0.2, 0.25) is 0 Å². The van der Waals surface area contributed by atoms with E-state index in [0.717, 1.165) is 0 Å². The van der Waals surface area contributed by atoms with Crippen LogP contribution in [-0.2, 0) is 9.53 Å². The maximum atomic E-state index is 11.3. The molecule has 0 rings (SSSR count). The molecule has 0 saturated heterocycles. The Hall–Kier alpha value is -0.640. The summed E-state index contributed by atoms with van der Waals surface area (Å²) >= 11 is 0. The lowest BCUT2D eigenvalue weighted by molar-refractivity contribution is -0.152. The summed E-state index contributed by atoms with van der Waals surface area (Å²) in [6, 6.07) is 0. The summed E-state index contributed by atoms with van der Waals surface area (Å²) in [7, 11) is 0. The van der Waals surface area contributed by atoms with Gasteiger partial charge in [0.25, 0.3) is 0 Å². The largest absolute Gasteiger partial charge is 0.461 e. The minimum atomic E-state index is -1.16. The zero-order valence-corrected chi connectivity index (χ0v) is 5.13. The molecule has 3 nitrogen and oxygen atoms in total. The van der Waals surface area contributed by atoms with Crippen LogP contribution in [0.1, 0.15) is 6.92 Å². The molecular formula is C5H9FO3. The number of hydrogen-bond acceptors (Lipinski definition) is 3. The molecule has 0 amide bonds. The van der Waals surface area contributed by atoms with Gasteiger partial charge < -0.3 is 9.84 Å². The Kier molecular flexibility index (Phi) is 3.96. The van der Waals surface area contributed by atoms with Gasteiger partial charge in [-0.05, 0) is 6.92 Å². The Balaban J connectivity index is 3.28. The highest BCUT2D eigenvalue weighted by Gasteiger charge is 2.08. The van der Waals surface area contributed by atoms with Gasteiger partial charge in [-0.15, -0.1) is 0 Å². The predicted octanol–water partition coefficient (Wildman–Crippen LogP) is -0.120. The smallest absolute Gasteiger partial charge is 0.334 e. The third-order valence-corrected chi connectivity index (χ3v) is 0.663. The summed E-state index contributed by atoms with van der Waals surface area (Å²) in [5, 5.41) is 8.45. The van der Waals surface area contributed by atoms with Gasteiger partial charge in [0.2, 0.25) is 0 Å². The van der Waals surface area contributed by atoms with Gasteiger partial charge >= 0.3 is 5.97 Å². The summed E-state index contributed by atoms with van der Waals surface area (Å²) in [6.45, 7) is 0.281. The second kappa shape index (κ2) is 4.26. The molecule has 1 unspecified atom stereocenters. The fourth-order valence-electron chi connectivity index (χ4n) is 0.260. The molecular weight excluding hydrogens is 127 g/mol. The van der Waals surface area contributed by atoms with E-state index in [0.29, 0.717) is 0 Å². The Morgan fingerprint density at radius 1 is 1.89 bits per heavy atom. The second-order valence-electron chi connectivity index (χ2n) is 1.53. The summed E-state index contributed by atoms with van der Waals surface area (Å²) in [4.78, 5) is 10.3. The van der Waals surface area contributed by atoms with E-state index in [1.54, 1.807) is 0 Å². The fourth-order valence-corrected chi connectivity index (χ4v) is 0.260. The standard InChI is InChI=1S/C5H9FO3/c1-4(7)5(8)9-3-2-6/h4,7H,2-3H2,1H3. The van der Waals surface area contributed by atoms with Crippen LogP contribution in [0.5, 0.6) is 0 Å². The van der Waals surface area contributed by atoms with Crippen molar-refractivity contribution < 1.29 is 19.0 Å². The summed E-state index contributed by atoms with van der Waals surface area (Å²) in [5.74, 6) is -0.785. The number of carbonyl (C=O) groups is 1. The van der Waals surface area contributed by atoms with Crippen LogP contribution in [0, 0.1) is 0 Å². The van der Waals surface area contributed by atoms with Crippen molar-refractivity contribution in [2.75, 3.05) is 13.3 Å². The van der Waals surface area contributed by atoms with Crippen LogP contribution in [0.4, 0.5) is 4.39 Å². The minimum Gasteiger partial charge on any atom is -0.461 e. The lowest BCUT2D eigenvalue weighted by Crippen LogP contribution is -2.20. The molecule has 0 spiro atoms. The Morgan fingerprint density at radius 3 is 2.78 bits per heavy atom. The van der Waals surface area contributed by atoms with Crippen LogP contribution < -0.4 is 0 Å². The number of rotatable bonds is 3. The Labute approximate surface area is 52.4 Å². The average molecular weight is 136 g/mol. The third-order valence-electron chi connectivity index (χ3n) is 0.663. The van der Waals surface area contributed by atoms with E-state index in [2.05, 4.69) is 4.74 Å².